The van der Waals surface area contributed by atoms with Gasteiger partial charge in [-0.05, 0) is 6.54 Å². The number of nitrogens with zero attached hydrogens (tertiary/aromatic N) is 3. The molecular formula is C11H16N4S. The molecule has 0 atom stereocenters. The Morgan fingerprint density at radius 1 is 1.50 bits per heavy atom. The van der Waals surface area contributed by atoms with E-state index in [-0.39, 0.29) is 0 Å². The molecule has 0 aliphatic carbocycles. The summed E-state index contributed by atoms with van der Waals surface area (Å²) in [6.45, 7) is 5.00. The summed E-state index contributed by atoms with van der Waals surface area (Å²) < 4.78 is 2.11. The van der Waals surface area contributed by atoms with E-state index in [1.54, 1.807) is 11.3 Å². The van der Waals surface area contributed by atoms with Gasteiger partial charge in [-0.3, -0.25) is 4.98 Å². The Morgan fingerprint density at radius 2 is 2.44 bits per heavy atom. The van der Waals surface area contributed by atoms with E-state index in [0.717, 1.165) is 31.7 Å². The van der Waals surface area contributed by atoms with Crippen molar-refractivity contribution >= 4 is 11.3 Å². The van der Waals surface area contributed by atoms with Crippen molar-refractivity contribution in [3.05, 3.63) is 34.8 Å². The molecule has 86 valence electrons. The normalized spacial score (nSPS) is 10.8. The van der Waals surface area contributed by atoms with Crippen molar-refractivity contribution in [3.63, 3.8) is 0 Å². The Hall–Kier alpha value is -1.20. The number of aromatic nitrogens is 3. The molecule has 0 radical (unpaired) electrons. The molecule has 0 aliphatic rings. The van der Waals surface area contributed by atoms with E-state index in [1.165, 1.54) is 4.88 Å². The third-order valence-corrected chi connectivity index (χ3v) is 3.08. The molecule has 0 aromatic carbocycles. The van der Waals surface area contributed by atoms with Gasteiger partial charge in [-0.1, -0.05) is 6.92 Å². The van der Waals surface area contributed by atoms with Crippen molar-refractivity contribution < 1.29 is 0 Å². The summed E-state index contributed by atoms with van der Waals surface area (Å²) in [5, 5.41) is 3.29. The van der Waals surface area contributed by atoms with Gasteiger partial charge in [-0.25, -0.2) is 4.98 Å². The average Bonchev–Trinajstić information content (AvgIpc) is 2.91. The lowest BCUT2D eigenvalue weighted by atomic mass is 10.3. The third-order valence-electron chi connectivity index (χ3n) is 2.32. The van der Waals surface area contributed by atoms with Crippen molar-refractivity contribution in [3.8, 4) is 0 Å². The maximum atomic E-state index is 4.38. The Morgan fingerprint density at radius 3 is 3.19 bits per heavy atom. The van der Waals surface area contributed by atoms with Gasteiger partial charge in [-0.15, -0.1) is 11.3 Å². The molecule has 2 rings (SSSR count). The summed E-state index contributed by atoms with van der Waals surface area (Å²) in [7, 11) is 0. The molecule has 0 bridgehead atoms. The second-order valence-electron chi connectivity index (χ2n) is 3.61. The number of hydrogen-bond acceptors (Lipinski definition) is 4. The minimum atomic E-state index is 0.874. The van der Waals surface area contributed by atoms with E-state index in [1.807, 2.05) is 18.0 Å². The largest absolute Gasteiger partial charge is 0.332 e. The molecule has 0 spiro atoms. The van der Waals surface area contributed by atoms with Gasteiger partial charge in [0, 0.05) is 30.2 Å². The third kappa shape index (κ3) is 3.15. The highest BCUT2D eigenvalue weighted by Gasteiger charge is 2.00. The topological polar surface area (TPSA) is 42.7 Å². The molecule has 0 aliphatic heterocycles. The zero-order valence-corrected chi connectivity index (χ0v) is 10.2. The molecule has 2 aromatic rings. The Labute approximate surface area is 99.4 Å². The molecule has 0 saturated heterocycles. The molecule has 0 amide bonds. The highest BCUT2D eigenvalue weighted by Crippen LogP contribution is 2.08. The van der Waals surface area contributed by atoms with E-state index in [0.29, 0.717) is 0 Å². The van der Waals surface area contributed by atoms with Crippen molar-refractivity contribution in [2.24, 2.45) is 0 Å². The highest BCUT2D eigenvalue weighted by atomic mass is 32.1. The van der Waals surface area contributed by atoms with Crippen molar-refractivity contribution in [1.29, 1.82) is 0 Å². The van der Waals surface area contributed by atoms with E-state index >= 15 is 0 Å². The van der Waals surface area contributed by atoms with Gasteiger partial charge in [-0.2, -0.15) is 0 Å². The van der Waals surface area contributed by atoms with Gasteiger partial charge in [0.1, 0.15) is 0 Å². The van der Waals surface area contributed by atoms with Gasteiger partial charge in [0.2, 0.25) is 0 Å². The monoisotopic (exact) mass is 236 g/mol. The van der Waals surface area contributed by atoms with Crippen LogP contribution in [0, 0.1) is 0 Å². The predicted molar refractivity (Wildman–Crippen MR) is 65.7 cm³/mol. The average molecular weight is 236 g/mol. The van der Waals surface area contributed by atoms with Crippen LogP contribution in [0.1, 0.15) is 17.5 Å². The fraction of sp³-hybridized carbons (Fsp3) is 0.455. The number of thiazole rings is 1. The first-order valence-corrected chi connectivity index (χ1v) is 6.35. The number of rotatable bonds is 6. The Kier molecular flexibility index (Phi) is 4.07. The second kappa shape index (κ2) is 5.77. The van der Waals surface area contributed by atoms with Gasteiger partial charge in [0.15, 0.2) is 0 Å². The lowest BCUT2D eigenvalue weighted by molar-refractivity contribution is 0.709. The zero-order valence-electron chi connectivity index (χ0n) is 9.39. The second-order valence-corrected chi connectivity index (χ2v) is 4.58. The smallest absolute Gasteiger partial charge is 0.0952 e. The van der Waals surface area contributed by atoms with Crippen LogP contribution in [0.2, 0.25) is 0 Å². The fourth-order valence-electron chi connectivity index (χ4n) is 1.52. The Bertz CT molecular complexity index is 407. The number of nitrogens with one attached hydrogen (secondary N) is 1. The van der Waals surface area contributed by atoms with Gasteiger partial charge >= 0.3 is 0 Å². The quantitative estimate of drug-likeness (QED) is 0.774. The zero-order chi connectivity index (χ0) is 11.2. The molecule has 16 heavy (non-hydrogen) atoms. The predicted octanol–water partition coefficient (Wildman–Crippen LogP) is 1.54. The molecule has 1 N–H and O–H groups in total. The summed E-state index contributed by atoms with van der Waals surface area (Å²) in [4.78, 5) is 9.70. The van der Waals surface area contributed by atoms with Crippen LogP contribution in [0.4, 0.5) is 0 Å². The molecule has 0 fully saturated rings. The van der Waals surface area contributed by atoms with Crippen molar-refractivity contribution in [2.45, 2.75) is 19.9 Å². The molecular weight excluding hydrogens is 220 g/mol. The van der Waals surface area contributed by atoms with Crippen LogP contribution in [0.5, 0.6) is 0 Å². The maximum Gasteiger partial charge on any atom is 0.0952 e. The summed E-state index contributed by atoms with van der Waals surface area (Å²) >= 11 is 1.68. The van der Waals surface area contributed by atoms with Gasteiger partial charge < -0.3 is 9.88 Å². The van der Waals surface area contributed by atoms with Crippen LogP contribution in [-0.4, -0.2) is 27.6 Å². The Balaban J connectivity index is 1.87. The number of likely N-dealkylation sites (N-methyl/N-ethyl adjacent to an activating group) is 1. The first-order valence-electron chi connectivity index (χ1n) is 5.47. The van der Waals surface area contributed by atoms with Crippen LogP contribution >= 0.6 is 11.3 Å². The summed E-state index contributed by atoms with van der Waals surface area (Å²) in [6.07, 6.45) is 6.89. The molecule has 0 saturated carbocycles. The summed E-state index contributed by atoms with van der Waals surface area (Å²) in [6, 6.07) is 0. The first kappa shape index (κ1) is 11.3. The maximum absolute atomic E-state index is 4.38. The lowest BCUT2D eigenvalue weighted by Crippen LogP contribution is -2.16. The molecule has 2 aromatic heterocycles. The van der Waals surface area contributed by atoms with E-state index in [2.05, 4.69) is 33.0 Å². The lowest BCUT2D eigenvalue weighted by Gasteiger charge is -1.98. The van der Waals surface area contributed by atoms with Crippen molar-refractivity contribution in [2.75, 3.05) is 13.1 Å². The summed E-state index contributed by atoms with van der Waals surface area (Å²) in [5.74, 6) is 0. The van der Waals surface area contributed by atoms with Crippen LogP contribution in [0.15, 0.2) is 24.2 Å². The highest BCUT2D eigenvalue weighted by molar-refractivity contribution is 7.09. The minimum Gasteiger partial charge on any atom is -0.332 e. The van der Waals surface area contributed by atoms with Crippen LogP contribution < -0.4 is 5.32 Å². The van der Waals surface area contributed by atoms with Gasteiger partial charge in [0.25, 0.3) is 0 Å². The van der Waals surface area contributed by atoms with E-state index < -0.39 is 0 Å². The van der Waals surface area contributed by atoms with E-state index in [9.17, 15) is 0 Å². The van der Waals surface area contributed by atoms with Crippen LogP contribution in [0.25, 0.3) is 0 Å². The van der Waals surface area contributed by atoms with Gasteiger partial charge in [0.05, 0.1) is 24.1 Å². The molecule has 5 heteroatoms. The molecule has 4 nitrogen and oxygen atoms in total. The minimum absolute atomic E-state index is 0.874. The number of imidazole rings is 1. The molecule has 0 unspecified atom stereocenters. The van der Waals surface area contributed by atoms with Crippen LogP contribution in [-0.2, 0) is 13.0 Å². The standard InChI is InChI=1S/C11H16N4S/c1-2-12-4-3-10-6-15(8-14-10)7-11-5-13-9-16-11/h5-6,8-9,12H,2-4,7H2,1H3. The van der Waals surface area contributed by atoms with Crippen LogP contribution in [0.3, 0.4) is 0 Å². The SMILES string of the molecule is CCNCCc1cn(Cc2cncs2)cn1. The molecule has 2 heterocycles. The van der Waals surface area contributed by atoms with E-state index in [4.69, 9.17) is 0 Å². The van der Waals surface area contributed by atoms with Crippen molar-refractivity contribution in [1.82, 2.24) is 19.9 Å². The number of hydrogen-bond donors (Lipinski definition) is 1. The summed E-state index contributed by atoms with van der Waals surface area (Å²) in [5.41, 5.74) is 3.00. The fourth-order valence-corrected chi connectivity index (χ4v) is 2.12. The first-order chi connectivity index (χ1) is 7.88.